The summed E-state index contributed by atoms with van der Waals surface area (Å²) in [5.74, 6) is 8.06. The molecule has 2 heterocycles. The Balaban J connectivity index is 1.29. The van der Waals surface area contributed by atoms with Gasteiger partial charge in [-0.2, -0.15) is 0 Å². The van der Waals surface area contributed by atoms with E-state index in [0.29, 0.717) is 69.6 Å². The van der Waals surface area contributed by atoms with Crippen molar-refractivity contribution in [2.45, 2.75) is 116 Å². The number of hydrogen-bond acceptors (Lipinski definition) is 10. The first kappa shape index (κ1) is 50.2. The number of nitrogens with one attached hydrogen (secondary N) is 1. The van der Waals surface area contributed by atoms with Gasteiger partial charge >= 0.3 is 0 Å². The molecule has 1 aliphatic heterocycles. The van der Waals surface area contributed by atoms with Crippen LogP contribution in [0.4, 0.5) is 5.82 Å². The molecule has 10 heteroatoms. The molecule has 0 saturated heterocycles. The lowest BCUT2D eigenvalue weighted by molar-refractivity contribution is -0.130. The molecule has 2 aliphatic carbocycles. The Hall–Kier alpha value is -5.73. The van der Waals surface area contributed by atoms with E-state index in [4.69, 9.17) is 15.5 Å². The van der Waals surface area contributed by atoms with E-state index in [1.807, 2.05) is 60.8 Å². The zero-order chi connectivity index (χ0) is 48.2. The number of anilines is 1. The highest BCUT2D eigenvalue weighted by molar-refractivity contribution is 6.00. The van der Waals surface area contributed by atoms with E-state index in [1.54, 1.807) is 20.2 Å². The second kappa shape index (κ2) is 24.0. The van der Waals surface area contributed by atoms with Crippen LogP contribution in [0.5, 0.6) is 11.5 Å². The van der Waals surface area contributed by atoms with Crippen LogP contribution in [0.3, 0.4) is 0 Å². The third kappa shape index (κ3) is 13.1. The number of ether oxygens (including phenoxy) is 1. The van der Waals surface area contributed by atoms with Gasteiger partial charge in [0.1, 0.15) is 35.6 Å². The molecule has 358 valence electrons. The Morgan fingerprint density at radius 3 is 2.41 bits per heavy atom. The molecule has 7 rings (SSSR count). The molecule has 0 bridgehead atoms. The molecule has 0 amide bonds. The number of nitrogen functional groups attached to an aromatic ring is 1. The van der Waals surface area contributed by atoms with Crippen LogP contribution in [0.2, 0.25) is 0 Å². The van der Waals surface area contributed by atoms with Crippen LogP contribution in [0, 0.1) is 53.3 Å². The molecular weight excluding hydrogens is 849 g/mol. The zero-order valence-electron chi connectivity index (χ0n) is 40.4. The average Bonchev–Trinajstić information content (AvgIpc) is 3.72. The van der Waals surface area contributed by atoms with Gasteiger partial charge in [-0.1, -0.05) is 85.8 Å². The van der Waals surface area contributed by atoms with Gasteiger partial charge in [0.2, 0.25) is 0 Å². The molecule has 9 atom stereocenters. The molecule has 0 spiro atoms. The Bertz CT molecular complexity index is 2440. The van der Waals surface area contributed by atoms with E-state index in [-0.39, 0.29) is 59.7 Å². The first-order valence-electron chi connectivity index (χ1n) is 24.8. The highest BCUT2D eigenvalue weighted by Crippen LogP contribution is 2.46. The number of nitrogens with zero attached hydrogens (tertiary/aromatic N) is 2. The average molecular weight is 920 g/mol. The van der Waals surface area contributed by atoms with Crippen LogP contribution in [0.1, 0.15) is 111 Å². The maximum Gasteiger partial charge on any atom is 0.177 e. The third-order valence-electron chi connectivity index (χ3n) is 14.5. The topological polar surface area (TPSA) is 167 Å². The maximum atomic E-state index is 14.9. The fourth-order valence-electron chi connectivity index (χ4n) is 11.0. The summed E-state index contributed by atoms with van der Waals surface area (Å²) in [6, 6.07) is 26.1. The maximum absolute atomic E-state index is 14.9. The normalized spacial score (nSPS) is 22.5. The van der Waals surface area contributed by atoms with Crippen molar-refractivity contribution in [2.24, 2.45) is 40.5 Å². The number of pyridine rings is 1. The molecule has 4 aromatic rings. The van der Waals surface area contributed by atoms with Gasteiger partial charge in [0, 0.05) is 43.1 Å². The molecule has 9 unspecified atom stereocenters. The first-order valence-corrected chi connectivity index (χ1v) is 24.8. The molecule has 0 radical (unpaired) electrons. The van der Waals surface area contributed by atoms with Crippen molar-refractivity contribution in [1.82, 2.24) is 10.3 Å². The first-order chi connectivity index (χ1) is 32.9. The summed E-state index contributed by atoms with van der Waals surface area (Å²) < 4.78 is 5.77. The van der Waals surface area contributed by atoms with Gasteiger partial charge in [-0.15, -0.1) is 4.99 Å². The molecule has 10 nitrogen and oxygen atoms in total. The number of Topliss-reactive ketones (excluding diaryl/α,β-unsaturated/α-hetero) is 2. The Labute approximate surface area is 403 Å². The summed E-state index contributed by atoms with van der Waals surface area (Å²) in [7, 11) is 1.55. The number of aryl methyl sites for hydroxylation is 2. The van der Waals surface area contributed by atoms with Gasteiger partial charge in [-0.05, 0) is 129 Å². The monoisotopic (exact) mass is 920 g/mol. The van der Waals surface area contributed by atoms with Gasteiger partial charge in [0.15, 0.2) is 17.2 Å². The van der Waals surface area contributed by atoms with Crippen molar-refractivity contribution in [2.75, 3.05) is 25.9 Å². The van der Waals surface area contributed by atoms with E-state index in [0.717, 1.165) is 64.3 Å². The number of rotatable bonds is 18. The highest BCUT2D eigenvalue weighted by Gasteiger charge is 2.42. The predicted molar refractivity (Wildman–Crippen MR) is 270 cm³/mol. The standard InChI is InChI=1S/C58H70N4O6/c1-5-12-49(53(65)32-47-29-46(36-62-47)37(2)34-60-35-38(3)63)45-27-41(25-40-23-24-61-56(59)28-40)26-43-19-22-50(42-15-10-7-11-16-42)57-44(18-20-48(64)33-54(66)52(43)30-45)31-55(68-4)58(67)51(57)21-17-39-13-8-6-9-14-39/h6-11,13-16,23-24,28-29,31,36-38,41,43,45,49-50,52-53,60,63,65H,5,12,17-18,20-21,25-27,30,32-35H2,1-4H3,(H2-,59,61,67)/p+1. The Morgan fingerprint density at radius 1 is 0.926 bits per heavy atom. The minimum absolute atomic E-state index is 0.0319. The number of allylic oxidation sites excluding steroid dienone is 1. The number of nitrogens with two attached hydrogens (primary N) is 1. The zero-order valence-corrected chi connectivity index (χ0v) is 40.4. The number of aliphatic hydroxyl groups excluding tert-OH is 2. The lowest BCUT2D eigenvalue weighted by Crippen LogP contribution is -2.32. The largest absolute Gasteiger partial charge is 0.504 e. The number of fused-ring (bicyclic) bond motifs is 2. The SMILES string of the molecule is CCCC(C(O)CC1=C[C+](C(C)CNCC(C)O)C=N1)C1CC(Cc2ccnc(N)c2)CC2C#CC(c3ccccc3)c3c(cc(OC)c(O)c3CCc3ccccc3)CCC(=O)CC(=O)C2C1. The second-order valence-electron chi connectivity index (χ2n) is 19.6. The summed E-state index contributed by atoms with van der Waals surface area (Å²) in [5.41, 5.74) is 12.8. The van der Waals surface area contributed by atoms with Crippen molar-refractivity contribution in [1.29, 1.82) is 0 Å². The Kier molecular flexibility index (Phi) is 17.7. The minimum Gasteiger partial charge on any atom is -0.504 e. The molecule has 68 heavy (non-hydrogen) atoms. The summed E-state index contributed by atoms with van der Waals surface area (Å²) in [6.07, 6.45) is 10.8. The smallest absolute Gasteiger partial charge is 0.177 e. The highest BCUT2D eigenvalue weighted by atomic mass is 16.5. The molecule has 3 aliphatic rings. The van der Waals surface area contributed by atoms with Crippen molar-refractivity contribution >= 4 is 23.6 Å². The number of carbonyl (C=O) groups is 2. The number of benzene rings is 3. The summed E-state index contributed by atoms with van der Waals surface area (Å²) >= 11 is 0. The summed E-state index contributed by atoms with van der Waals surface area (Å²) in [5, 5.41) is 37.3. The van der Waals surface area contributed by atoms with E-state index < -0.39 is 24.0 Å². The molecular formula is C58H71N4O6+. The summed E-state index contributed by atoms with van der Waals surface area (Å²) in [6.45, 7) is 7.26. The second-order valence-corrected chi connectivity index (χ2v) is 19.6. The lowest BCUT2D eigenvalue weighted by Gasteiger charge is -2.32. The van der Waals surface area contributed by atoms with Gasteiger partial charge in [-0.3, -0.25) is 9.59 Å². The molecule has 1 fully saturated rings. The number of methoxy groups -OCH3 is 1. The number of ketones is 2. The van der Waals surface area contributed by atoms with Crippen LogP contribution in [-0.4, -0.2) is 70.5 Å². The van der Waals surface area contributed by atoms with Crippen LogP contribution in [0.25, 0.3) is 0 Å². The predicted octanol–water partition coefficient (Wildman–Crippen LogP) is 8.98. The van der Waals surface area contributed by atoms with Gasteiger partial charge < -0.3 is 31.1 Å². The lowest BCUT2D eigenvalue weighted by atomic mass is 9.73. The molecule has 1 saturated carbocycles. The van der Waals surface area contributed by atoms with Crippen LogP contribution in [-0.2, 0) is 35.3 Å². The van der Waals surface area contributed by atoms with Crippen molar-refractivity contribution < 1.29 is 29.6 Å². The molecule has 1 aromatic heterocycles. The van der Waals surface area contributed by atoms with E-state index in [9.17, 15) is 24.9 Å². The van der Waals surface area contributed by atoms with Crippen molar-refractivity contribution in [3.8, 4) is 23.3 Å². The fourth-order valence-corrected chi connectivity index (χ4v) is 11.0. The van der Waals surface area contributed by atoms with Gasteiger partial charge in [-0.25, -0.2) is 4.98 Å². The number of aliphatic hydroxyl groups is 2. The van der Waals surface area contributed by atoms with E-state index in [1.165, 1.54) is 0 Å². The number of aromatic nitrogens is 1. The number of phenolic OH excluding ortho intramolecular Hbond substituents is 1. The number of phenols is 1. The number of carbonyl (C=O) groups excluding carboxylic acids is 2. The van der Waals surface area contributed by atoms with E-state index in [2.05, 4.69) is 66.3 Å². The fraction of sp³-hybridized carbons (Fsp3) is 0.466. The van der Waals surface area contributed by atoms with Gasteiger partial charge in [0.25, 0.3) is 0 Å². The Morgan fingerprint density at radius 2 is 1.69 bits per heavy atom. The van der Waals surface area contributed by atoms with Crippen LogP contribution in [0.15, 0.2) is 102 Å². The van der Waals surface area contributed by atoms with Crippen molar-refractivity contribution in [3.05, 3.63) is 136 Å². The van der Waals surface area contributed by atoms with E-state index >= 15 is 0 Å². The number of hydrogen-bond donors (Lipinski definition) is 5. The van der Waals surface area contributed by atoms with Crippen LogP contribution < -0.4 is 15.8 Å². The summed E-state index contributed by atoms with van der Waals surface area (Å²) in [4.78, 5) is 38.0. The number of aromatic hydroxyl groups is 1. The number of aliphatic imine (C=N–C) groups is 1. The molecule has 3 aromatic carbocycles. The van der Waals surface area contributed by atoms with Crippen molar-refractivity contribution in [3.63, 3.8) is 0 Å². The van der Waals surface area contributed by atoms with Gasteiger partial charge in [0.05, 0.1) is 44.0 Å². The van der Waals surface area contributed by atoms with Crippen LogP contribution >= 0.6 is 0 Å². The minimum atomic E-state index is -0.702. The quantitative estimate of drug-likeness (QED) is 0.0372. The third-order valence-corrected chi connectivity index (χ3v) is 14.5. The molecule has 6 N–H and O–H groups in total.